The molecule has 24 heavy (non-hydrogen) atoms. The number of carbonyl (C=O) groups excluding carboxylic acids is 2. The molecular weight excluding hydrogens is 304 g/mol. The van der Waals surface area contributed by atoms with Crippen LogP contribution in [0.2, 0.25) is 0 Å². The van der Waals surface area contributed by atoms with Crippen molar-refractivity contribution in [1.29, 1.82) is 0 Å². The highest BCUT2D eigenvalue weighted by atomic mass is 16.2. The number of amides is 2. The molecule has 1 N–H and O–H groups in total. The van der Waals surface area contributed by atoms with Gasteiger partial charge in [-0.1, -0.05) is 29.8 Å². The van der Waals surface area contributed by atoms with Crippen molar-refractivity contribution >= 4 is 11.8 Å². The van der Waals surface area contributed by atoms with Gasteiger partial charge in [0.25, 0.3) is 0 Å². The van der Waals surface area contributed by atoms with Crippen LogP contribution in [-0.2, 0) is 22.7 Å². The number of benzene rings is 1. The zero-order valence-electron chi connectivity index (χ0n) is 13.8. The van der Waals surface area contributed by atoms with Gasteiger partial charge in [-0.25, -0.2) is 4.98 Å². The Morgan fingerprint density at radius 1 is 1.33 bits per heavy atom. The van der Waals surface area contributed by atoms with E-state index in [2.05, 4.69) is 10.3 Å². The number of hydrogen-bond donors (Lipinski definition) is 1. The molecule has 0 unspecified atom stereocenters. The lowest BCUT2D eigenvalue weighted by Crippen LogP contribution is -2.34. The number of rotatable bonds is 6. The number of nitrogens with one attached hydrogen (secondary N) is 1. The molecule has 2 amide bonds. The zero-order chi connectivity index (χ0) is 16.9. The molecule has 1 saturated heterocycles. The van der Waals surface area contributed by atoms with Crippen LogP contribution in [0.3, 0.4) is 0 Å². The molecule has 1 aromatic heterocycles. The summed E-state index contributed by atoms with van der Waals surface area (Å²) in [5, 5.41) is 2.91. The molecule has 1 aliphatic rings. The van der Waals surface area contributed by atoms with Gasteiger partial charge in [-0.15, -0.1) is 0 Å². The number of imidazole rings is 1. The number of aryl methyl sites for hydroxylation is 1. The quantitative estimate of drug-likeness (QED) is 0.871. The lowest BCUT2D eigenvalue weighted by atomic mass is 10.1. The Kier molecular flexibility index (Phi) is 4.93. The molecular formula is C18H22N4O2. The topological polar surface area (TPSA) is 67.2 Å². The highest BCUT2D eigenvalue weighted by Gasteiger charge is 2.33. The van der Waals surface area contributed by atoms with Crippen LogP contribution in [-0.4, -0.2) is 39.4 Å². The van der Waals surface area contributed by atoms with Gasteiger partial charge in [-0.2, -0.15) is 0 Å². The van der Waals surface area contributed by atoms with E-state index in [9.17, 15) is 9.59 Å². The van der Waals surface area contributed by atoms with Crippen LogP contribution >= 0.6 is 0 Å². The molecule has 0 radical (unpaired) electrons. The first-order chi connectivity index (χ1) is 11.6. The maximum atomic E-state index is 12.2. The number of aromatic nitrogens is 2. The van der Waals surface area contributed by atoms with Crippen molar-refractivity contribution in [3.05, 3.63) is 54.1 Å². The van der Waals surface area contributed by atoms with Crippen molar-refractivity contribution in [1.82, 2.24) is 19.8 Å². The normalized spacial score (nSPS) is 17.3. The first-order valence-electron chi connectivity index (χ1n) is 8.18. The highest BCUT2D eigenvalue weighted by molar-refractivity contribution is 5.89. The van der Waals surface area contributed by atoms with Crippen LogP contribution in [0, 0.1) is 12.8 Å². The first-order valence-corrected chi connectivity index (χ1v) is 8.18. The van der Waals surface area contributed by atoms with Crippen molar-refractivity contribution < 1.29 is 9.59 Å². The van der Waals surface area contributed by atoms with Crippen molar-refractivity contribution in [2.45, 2.75) is 26.4 Å². The molecule has 0 aliphatic carbocycles. The molecule has 2 heterocycles. The maximum Gasteiger partial charge on any atom is 0.225 e. The highest BCUT2D eigenvalue weighted by Crippen LogP contribution is 2.20. The van der Waals surface area contributed by atoms with Gasteiger partial charge in [-0.3, -0.25) is 9.59 Å². The van der Waals surface area contributed by atoms with Crippen LogP contribution in [0.15, 0.2) is 43.0 Å². The van der Waals surface area contributed by atoms with Gasteiger partial charge >= 0.3 is 0 Å². The van der Waals surface area contributed by atoms with E-state index in [-0.39, 0.29) is 17.7 Å². The van der Waals surface area contributed by atoms with E-state index < -0.39 is 0 Å². The first kappa shape index (κ1) is 16.2. The fourth-order valence-corrected chi connectivity index (χ4v) is 2.89. The maximum absolute atomic E-state index is 12.2. The van der Waals surface area contributed by atoms with Gasteiger partial charge < -0.3 is 14.8 Å². The van der Waals surface area contributed by atoms with Gasteiger partial charge in [0, 0.05) is 45.0 Å². The van der Waals surface area contributed by atoms with Gasteiger partial charge in [0.05, 0.1) is 12.2 Å². The Bertz CT molecular complexity index is 694. The lowest BCUT2D eigenvalue weighted by Gasteiger charge is -2.17. The molecule has 6 heteroatoms. The number of nitrogens with zero attached hydrogens (tertiary/aromatic N) is 3. The largest absolute Gasteiger partial charge is 0.354 e. The molecule has 6 nitrogen and oxygen atoms in total. The summed E-state index contributed by atoms with van der Waals surface area (Å²) < 4.78 is 1.91. The summed E-state index contributed by atoms with van der Waals surface area (Å²) >= 11 is 0. The predicted octanol–water partition coefficient (Wildman–Crippen LogP) is 1.36. The molecule has 1 aliphatic heterocycles. The van der Waals surface area contributed by atoms with Gasteiger partial charge in [0.15, 0.2) is 0 Å². The van der Waals surface area contributed by atoms with Gasteiger partial charge in [0.1, 0.15) is 0 Å². The summed E-state index contributed by atoms with van der Waals surface area (Å²) in [6.07, 6.45) is 5.58. The van der Waals surface area contributed by atoms with E-state index in [4.69, 9.17) is 0 Å². The van der Waals surface area contributed by atoms with Crippen molar-refractivity contribution in [3.8, 4) is 0 Å². The number of hydrogen-bond acceptors (Lipinski definition) is 3. The fourth-order valence-electron chi connectivity index (χ4n) is 2.89. The Morgan fingerprint density at radius 3 is 2.83 bits per heavy atom. The molecule has 1 aromatic carbocycles. The Hall–Kier alpha value is -2.63. The zero-order valence-corrected chi connectivity index (χ0v) is 13.8. The van der Waals surface area contributed by atoms with E-state index in [1.165, 1.54) is 5.56 Å². The van der Waals surface area contributed by atoms with Crippen molar-refractivity contribution in [2.75, 3.05) is 13.1 Å². The molecule has 0 saturated carbocycles. The molecule has 126 valence electrons. The Morgan fingerprint density at radius 2 is 2.12 bits per heavy atom. The van der Waals surface area contributed by atoms with E-state index in [0.717, 1.165) is 5.56 Å². The second kappa shape index (κ2) is 7.29. The molecule has 0 spiro atoms. The minimum Gasteiger partial charge on any atom is -0.354 e. The minimum absolute atomic E-state index is 0.0464. The van der Waals surface area contributed by atoms with Crippen LogP contribution in [0.1, 0.15) is 17.5 Å². The third kappa shape index (κ3) is 4.01. The van der Waals surface area contributed by atoms with E-state index >= 15 is 0 Å². The van der Waals surface area contributed by atoms with E-state index in [1.54, 1.807) is 17.4 Å². The van der Waals surface area contributed by atoms with Crippen molar-refractivity contribution in [3.63, 3.8) is 0 Å². The van der Waals surface area contributed by atoms with E-state index in [0.29, 0.717) is 32.6 Å². The van der Waals surface area contributed by atoms with Crippen LogP contribution in [0.25, 0.3) is 0 Å². The second-order valence-corrected chi connectivity index (χ2v) is 6.25. The standard InChI is InChI=1S/C18H22N4O2/c1-14-2-4-15(5-3-14)11-22-12-16(10-17(22)23)18(24)20-7-9-21-8-6-19-13-21/h2-6,8,13,16H,7,9-12H2,1H3,(H,20,24)/t16-/m1/s1. The molecule has 3 rings (SSSR count). The number of likely N-dealkylation sites (tertiary alicyclic amines) is 1. The smallest absolute Gasteiger partial charge is 0.225 e. The summed E-state index contributed by atoms with van der Waals surface area (Å²) in [5.41, 5.74) is 2.29. The third-order valence-corrected chi connectivity index (χ3v) is 4.31. The average molecular weight is 326 g/mol. The molecule has 1 atom stereocenters. The second-order valence-electron chi connectivity index (χ2n) is 6.25. The summed E-state index contributed by atoms with van der Waals surface area (Å²) in [5.74, 6) is -0.258. The Balaban J connectivity index is 1.48. The monoisotopic (exact) mass is 326 g/mol. The summed E-state index contributed by atoms with van der Waals surface area (Å²) in [7, 11) is 0. The summed E-state index contributed by atoms with van der Waals surface area (Å²) in [6, 6.07) is 8.13. The van der Waals surface area contributed by atoms with Crippen LogP contribution in [0.4, 0.5) is 0 Å². The molecule has 0 bridgehead atoms. The summed E-state index contributed by atoms with van der Waals surface area (Å²) in [4.78, 5) is 30.1. The van der Waals surface area contributed by atoms with Crippen LogP contribution < -0.4 is 5.32 Å². The molecule has 2 aromatic rings. The number of carbonyl (C=O) groups is 2. The molecule has 1 fully saturated rings. The van der Waals surface area contributed by atoms with Crippen LogP contribution in [0.5, 0.6) is 0 Å². The van der Waals surface area contributed by atoms with Gasteiger partial charge in [0.2, 0.25) is 11.8 Å². The third-order valence-electron chi connectivity index (χ3n) is 4.31. The van der Waals surface area contributed by atoms with Gasteiger partial charge in [-0.05, 0) is 12.5 Å². The van der Waals surface area contributed by atoms with Crippen molar-refractivity contribution in [2.24, 2.45) is 5.92 Å². The fraction of sp³-hybridized carbons (Fsp3) is 0.389. The van der Waals surface area contributed by atoms with E-state index in [1.807, 2.05) is 42.0 Å². The Labute approximate surface area is 141 Å². The minimum atomic E-state index is -0.259. The average Bonchev–Trinajstić information content (AvgIpc) is 3.20. The SMILES string of the molecule is Cc1ccc(CN2C[C@H](C(=O)NCCn3ccnc3)CC2=O)cc1. The lowest BCUT2D eigenvalue weighted by molar-refractivity contribution is -0.129. The summed E-state index contributed by atoms with van der Waals surface area (Å²) in [6.45, 7) is 4.31. The predicted molar refractivity (Wildman–Crippen MR) is 89.9 cm³/mol.